The number of hydrogen-bond acceptors (Lipinski definition) is 5. The maximum atomic E-state index is 12.5. The highest BCUT2D eigenvalue weighted by molar-refractivity contribution is 5.96. The van der Waals surface area contributed by atoms with Crippen LogP contribution in [0.5, 0.6) is 17.2 Å². The first-order chi connectivity index (χ1) is 16.9. The topological polar surface area (TPSA) is 88.7 Å². The van der Waals surface area contributed by atoms with Crippen LogP contribution in [0.25, 0.3) is 0 Å². The van der Waals surface area contributed by atoms with Crippen molar-refractivity contribution in [3.63, 3.8) is 0 Å². The van der Waals surface area contributed by atoms with Gasteiger partial charge in [0.05, 0.1) is 5.69 Å². The van der Waals surface area contributed by atoms with Gasteiger partial charge in [-0.3, -0.25) is 4.79 Å². The highest BCUT2D eigenvalue weighted by Gasteiger charge is 2.10. The molecule has 3 aromatic carbocycles. The molecule has 0 spiro atoms. The molecule has 2 amide bonds. The average Bonchev–Trinajstić information content (AvgIpc) is 2.85. The van der Waals surface area contributed by atoms with Crippen LogP contribution in [0.4, 0.5) is 10.5 Å². The van der Waals surface area contributed by atoms with E-state index < -0.39 is 0 Å². The van der Waals surface area contributed by atoms with Crippen molar-refractivity contribution in [2.45, 2.75) is 33.7 Å². The second kappa shape index (κ2) is 12.6. The van der Waals surface area contributed by atoms with Crippen LogP contribution in [0.3, 0.4) is 0 Å². The van der Waals surface area contributed by atoms with E-state index in [1.54, 1.807) is 12.1 Å². The molecule has 0 saturated carbocycles. The first-order valence-electron chi connectivity index (χ1n) is 11.7. The summed E-state index contributed by atoms with van der Waals surface area (Å²) in [6.45, 7) is 7.32. The fourth-order valence-corrected chi connectivity index (χ4v) is 3.48. The van der Waals surface area contributed by atoms with E-state index in [0.29, 0.717) is 54.6 Å². The number of ketones is 1. The summed E-state index contributed by atoms with van der Waals surface area (Å²) in [7, 11) is 1.86. The quantitative estimate of drug-likeness (QED) is 0.248. The van der Waals surface area contributed by atoms with Gasteiger partial charge in [-0.25, -0.2) is 4.79 Å². The Labute approximate surface area is 206 Å². The van der Waals surface area contributed by atoms with Gasteiger partial charge in [0.25, 0.3) is 0 Å². The van der Waals surface area contributed by atoms with E-state index in [1.807, 2.05) is 76.3 Å². The molecule has 3 N–H and O–H groups in total. The van der Waals surface area contributed by atoms with E-state index >= 15 is 0 Å². The molecular formula is C28H33N3O4. The van der Waals surface area contributed by atoms with Gasteiger partial charge in [-0.2, -0.15) is 0 Å². The number of Topliss-reactive ketones (excluding diaryl/α,β-unsaturated/α-hetero) is 1. The number of benzene rings is 3. The smallest absolute Gasteiger partial charge is 0.319 e. The summed E-state index contributed by atoms with van der Waals surface area (Å²) in [6.07, 6.45) is 0.451. The van der Waals surface area contributed by atoms with Crippen LogP contribution in [-0.4, -0.2) is 32.0 Å². The Kier molecular flexibility index (Phi) is 9.26. The first-order valence-corrected chi connectivity index (χ1v) is 11.7. The Morgan fingerprint density at radius 3 is 2.49 bits per heavy atom. The molecule has 184 valence electrons. The molecule has 0 aliphatic carbocycles. The van der Waals surface area contributed by atoms with E-state index in [-0.39, 0.29) is 11.8 Å². The molecule has 0 atom stereocenters. The van der Waals surface area contributed by atoms with Crippen LogP contribution in [0.15, 0.2) is 60.7 Å². The molecule has 35 heavy (non-hydrogen) atoms. The molecule has 3 aromatic rings. The summed E-state index contributed by atoms with van der Waals surface area (Å²) >= 11 is 0. The summed E-state index contributed by atoms with van der Waals surface area (Å²) in [5.41, 5.74) is 4.16. The lowest BCUT2D eigenvalue weighted by Crippen LogP contribution is -2.28. The van der Waals surface area contributed by atoms with E-state index in [4.69, 9.17) is 9.47 Å². The van der Waals surface area contributed by atoms with Gasteiger partial charge in [-0.15, -0.1) is 0 Å². The van der Waals surface area contributed by atoms with Crippen LogP contribution in [0, 0.1) is 13.8 Å². The normalized spacial score (nSPS) is 10.5. The minimum Gasteiger partial charge on any atom is -0.490 e. The molecule has 0 fully saturated rings. The highest BCUT2D eigenvalue weighted by Crippen LogP contribution is 2.27. The second-order valence-electron chi connectivity index (χ2n) is 8.27. The number of nitrogens with one attached hydrogen (secondary N) is 3. The van der Waals surface area contributed by atoms with Gasteiger partial charge in [0.2, 0.25) is 0 Å². The van der Waals surface area contributed by atoms with Crippen LogP contribution in [0.2, 0.25) is 0 Å². The molecule has 7 heteroatoms. The fourth-order valence-electron chi connectivity index (χ4n) is 3.48. The number of anilines is 1. The number of amides is 2. The standard InChI is InChI=1S/C28H33N3O4/c1-5-25(32)22-7-6-8-23(17-22)35-26-12-10-21(16-20(26)3)18-30-28(33)31-24-15-19(2)9-11-27(24)34-14-13-29-4/h6-12,15-17,29H,5,13-14,18H2,1-4H3,(H2,30,31,33). The van der Waals surface area contributed by atoms with Gasteiger partial charge in [0, 0.05) is 25.1 Å². The highest BCUT2D eigenvalue weighted by atomic mass is 16.5. The lowest BCUT2D eigenvalue weighted by Gasteiger charge is -2.14. The van der Waals surface area contributed by atoms with Crippen molar-refractivity contribution >= 4 is 17.5 Å². The number of ether oxygens (including phenoxy) is 2. The summed E-state index contributed by atoms with van der Waals surface area (Å²) in [6, 6.07) is 18.3. The molecule has 0 radical (unpaired) electrons. The maximum Gasteiger partial charge on any atom is 0.319 e. The minimum atomic E-state index is -0.315. The Balaban J connectivity index is 1.59. The molecule has 0 heterocycles. The van der Waals surface area contributed by atoms with Crippen molar-refractivity contribution in [3.8, 4) is 17.2 Å². The fraction of sp³-hybridized carbons (Fsp3) is 0.286. The van der Waals surface area contributed by atoms with Gasteiger partial charge in [-0.1, -0.05) is 37.3 Å². The molecule has 7 nitrogen and oxygen atoms in total. The van der Waals surface area contributed by atoms with Gasteiger partial charge in [-0.05, 0) is 67.9 Å². The number of carbonyl (C=O) groups is 2. The molecular weight excluding hydrogens is 442 g/mol. The lowest BCUT2D eigenvalue weighted by molar-refractivity contribution is 0.0988. The van der Waals surface area contributed by atoms with Crippen LogP contribution >= 0.6 is 0 Å². The monoisotopic (exact) mass is 475 g/mol. The van der Waals surface area contributed by atoms with Crippen LogP contribution < -0.4 is 25.4 Å². The summed E-state index contributed by atoms with van der Waals surface area (Å²) in [4.78, 5) is 24.5. The van der Waals surface area contributed by atoms with Crippen molar-refractivity contribution in [1.82, 2.24) is 10.6 Å². The van der Waals surface area contributed by atoms with Crippen molar-refractivity contribution < 1.29 is 19.1 Å². The maximum absolute atomic E-state index is 12.5. The van der Waals surface area contributed by atoms with Crippen molar-refractivity contribution in [2.24, 2.45) is 0 Å². The van der Waals surface area contributed by atoms with E-state index in [2.05, 4.69) is 16.0 Å². The first kappa shape index (κ1) is 25.8. The van der Waals surface area contributed by atoms with Gasteiger partial charge in [0.1, 0.15) is 23.9 Å². The Hall–Kier alpha value is -3.84. The zero-order chi connectivity index (χ0) is 25.2. The molecule has 3 rings (SSSR count). The molecule has 0 bridgehead atoms. The van der Waals surface area contributed by atoms with Crippen molar-refractivity contribution in [1.29, 1.82) is 0 Å². The molecule has 0 aliphatic rings. The number of rotatable bonds is 11. The van der Waals surface area contributed by atoms with Crippen LogP contribution in [0.1, 0.15) is 40.4 Å². The molecule has 0 saturated heterocycles. The third-order valence-electron chi connectivity index (χ3n) is 5.39. The molecule has 0 unspecified atom stereocenters. The number of likely N-dealkylation sites (N-methyl/N-ethyl adjacent to an activating group) is 1. The molecule has 0 aliphatic heterocycles. The number of hydrogen-bond donors (Lipinski definition) is 3. The zero-order valence-electron chi connectivity index (χ0n) is 20.7. The Morgan fingerprint density at radius 1 is 0.943 bits per heavy atom. The van der Waals surface area contributed by atoms with E-state index in [1.165, 1.54) is 0 Å². The van der Waals surface area contributed by atoms with E-state index in [0.717, 1.165) is 16.7 Å². The lowest BCUT2D eigenvalue weighted by atomic mass is 10.1. The summed E-state index contributed by atoms with van der Waals surface area (Å²) in [5.74, 6) is 2.02. The predicted molar refractivity (Wildman–Crippen MR) is 139 cm³/mol. The SMILES string of the molecule is CCC(=O)c1cccc(Oc2ccc(CNC(=O)Nc3cc(C)ccc3OCCNC)cc2C)c1. The van der Waals surface area contributed by atoms with Crippen molar-refractivity contribution in [3.05, 3.63) is 82.9 Å². The van der Waals surface area contributed by atoms with Gasteiger partial charge in [0.15, 0.2) is 5.78 Å². The Morgan fingerprint density at radius 2 is 1.74 bits per heavy atom. The third-order valence-corrected chi connectivity index (χ3v) is 5.39. The van der Waals surface area contributed by atoms with Gasteiger partial charge < -0.3 is 25.4 Å². The number of aryl methyl sites for hydroxylation is 2. The number of urea groups is 1. The zero-order valence-corrected chi connectivity index (χ0v) is 20.7. The van der Waals surface area contributed by atoms with E-state index in [9.17, 15) is 9.59 Å². The Bertz CT molecular complexity index is 1180. The summed E-state index contributed by atoms with van der Waals surface area (Å²) < 4.78 is 11.8. The molecule has 0 aromatic heterocycles. The minimum absolute atomic E-state index is 0.0779. The van der Waals surface area contributed by atoms with Crippen LogP contribution in [-0.2, 0) is 6.54 Å². The van der Waals surface area contributed by atoms with Crippen molar-refractivity contribution in [2.75, 3.05) is 25.5 Å². The predicted octanol–water partition coefficient (Wildman–Crippen LogP) is 5.61. The second-order valence-corrected chi connectivity index (χ2v) is 8.27. The third kappa shape index (κ3) is 7.58. The summed E-state index contributed by atoms with van der Waals surface area (Å²) in [5, 5.41) is 8.80. The average molecular weight is 476 g/mol. The van der Waals surface area contributed by atoms with Gasteiger partial charge >= 0.3 is 6.03 Å². The largest absolute Gasteiger partial charge is 0.490 e. The number of carbonyl (C=O) groups excluding carboxylic acids is 2.